The van der Waals surface area contributed by atoms with Gasteiger partial charge < -0.3 is 5.11 Å². The molecule has 0 aliphatic carbocycles. The highest BCUT2D eigenvalue weighted by Crippen LogP contribution is 2.20. The Morgan fingerprint density at radius 3 is 2.42 bits per heavy atom. The molecule has 1 aromatic carbocycles. The summed E-state index contributed by atoms with van der Waals surface area (Å²) in [6.07, 6.45) is 0. The third-order valence-electron chi connectivity index (χ3n) is 2.40. The number of carboxylic acids is 1. The monoisotopic (exact) mass is 353 g/mol. The lowest BCUT2D eigenvalue weighted by Gasteiger charge is -2.18. The van der Waals surface area contributed by atoms with Crippen molar-refractivity contribution < 1.29 is 22.7 Å². The summed E-state index contributed by atoms with van der Waals surface area (Å²) < 4.78 is 39.9. The van der Waals surface area contributed by atoms with Crippen LogP contribution in [-0.4, -0.2) is 25.5 Å². The van der Waals surface area contributed by atoms with Gasteiger partial charge in [0, 0.05) is 4.47 Å². The van der Waals surface area contributed by atoms with Crippen molar-refractivity contribution in [2.45, 2.75) is 24.8 Å². The molecule has 0 saturated carbocycles. The summed E-state index contributed by atoms with van der Waals surface area (Å²) in [6.45, 7) is 3.11. The number of hydrogen-bond donors (Lipinski definition) is 2. The molecule has 0 spiro atoms. The molecule has 0 heterocycles. The predicted molar refractivity (Wildman–Crippen MR) is 70.7 cm³/mol. The van der Waals surface area contributed by atoms with Crippen molar-refractivity contribution in [3.63, 3.8) is 0 Å². The fourth-order valence-corrected chi connectivity index (χ4v) is 3.13. The van der Waals surface area contributed by atoms with Crippen LogP contribution >= 0.6 is 15.9 Å². The Morgan fingerprint density at radius 1 is 1.42 bits per heavy atom. The van der Waals surface area contributed by atoms with E-state index in [1.54, 1.807) is 13.8 Å². The van der Waals surface area contributed by atoms with Gasteiger partial charge in [0.1, 0.15) is 16.8 Å². The summed E-state index contributed by atoms with van der Waals surface area (Å²) in [6, 6.07) is 2.12. The molecular formula is C11H13BrFNO4S. The molecule has 0 radical (unpaired) electrons. The maximum atomic E-state index is 13.6. The zero-order valence-electron chi connectivity index (χ0n) is 10.2. The summed E-state index contributed by atoms with van der Waals surface area (Å²) in [5, 5.41) is 8.94. The molecule has 1 aromatic rings. The molecule has 0 aliphatic rings. The molecule has 1 atom stereocenters. The number of halogens is 2. The highest BCUT2D eigenvalue weighted by Gasteiger charge is 2.29. The fraction of sp³-hybridized carbons (Fsp3) is 0.364. The Kier molecular flexibility index (Phi) is 5.05. The average Bonchev–Trinajstić information content (AvgIpc) is 2.24. The minimum Gasteiger partial charge on any atom is -0.480 e. The first-order valence-corrected chi connectivity index (χ1v) is 7.63. The molecule has 0 amide bonds. The van der Waals surface area contributed by atoms with E-state index in [1.165, 1.54) is 6.07 Å². The first-order chi connectivity index (χ1) is 8.65. The first kappa shape index (κ1) is 16.1. The van der Waals surface area contributed by atoms with Crippen LogP contribution in [0.4, 0.5) is 4.39 Å². The third kappa shape index (κ3) is 3.99. The number of nitrogens with one attached hydrogen (secondary N) is 1. The van der Waals surface area contributed by atoms with Crippen LogP contribution in [0.1, 0.15) is 13.8 Å². The van der Waals surface area contributed by atoms with Crippen molar-refractivity contribution in [1.29, 1.82) is 0 Å². The van der Waals surface area contributed by atoms with E-state index < -0.39 is 38.7 Å². The molecule has 0 unspecified atom stereocenters. The van der Waals surface area contributed by atoms with E-state index in [0.29, 0.717) is 4.47 Å². The molecule has 0 aromatic heterocycles. The van der Waals surface area contributed by atoms with Gasteiger partial charge in [0.05, 0.1) is 0 Å². The molecule has 0 fully saturated rings. The number of sulfonamides is 1. The van der Waals surface area contributed by atoms with Crippen molar-refractivity contribution in [2.24, 2.45) is 5.92 Å². The second-order valence-electron chi connectivity index (χ2n) is 4.26. The summed E-state index contributed by atoms with van der Waals surface area (Å²) in [4.78, 5) is 10.4. The summed E-state index contributed by atoms with van der Waals surface area (Å²) >= 11 is 3.01. The van der Waals surface area contributed by atoms with Crippen LogP contribution in [0, 0.1) is 11.7 Å². The number of hydrogen-bond acceptors (Lipinski definition) is 3. The van der Waals surface area contributed by atoms with Crippen molar-refractivity contribution in [2.75, 3.05) is 0 Å². The van der Waals surface area contributed by atoms with Gasteiger partial charge in [-0.05, 0) is 24.1 Å². The first-order valence-electron chi connectivity index (χ1n) is 5.35. The number of carboxylic acid groups (broad SMARTS) is 1. The molecule has 5 nitrogen and oxygen atoms in total. The van der Waals surface area contributed by atoms with Crippen LogP contribution in [0.2, 0.25) is 0 Å². The van der Waals surface area contributed by atoms with Gasteiger partial charge in [0.2, 0.25) is 10.0 Å². The smallest absolute Gasteiger partial charge is 0.322 e. The Morgan fingerprint density at radius 2 is 2.00 bits per heavy atom. The van der Waals surface area contributed by atoms with Crippen LogP contribution in [-0.2, 0) is 14.8 Å². The number of aliphatic carboxylic acids is 1. The lowest BCUT2D eigenvalue weighted by molar-refractivity contribution is -0.140. The minimum absolute atomic E-state index is 0.391. The van der Waals surface area contributed by atoms with E-state index in [0.717, 1.165) is 12.1 Å². The van der Waals surface area contributed by atoms with Crippen molar-refractivity contribution in [3.05, 3.63) is 28.5 Å². The Hall–Kier alpha value is -0.990. The second-order valence-corrected chi connectivity index (χ2v) is 6.85. The Bertz CT molecular complexity index is 588. The van der Waals surface area contributed by atoms with Crippen LogP contribution in [0.15, 0.2) is 27.6 Å². The molecule has 0 aliphatic heterocycles. The number of benzene rings is 1. The summed E-state index contributed by atoms with van der Waals surface area (Å²) in [5.41, 5.74) is 0. The zero-order chi connectivity index (χ0) is 14.8. The number of carbonyl (C=O) groups is 1. The standard InChI is InChI=1S/C11H13BrFNO4S/c1-6(2)10(11(15)16)14-19(17,18)9-4-3-7(12)5-8(9)13/h3-6,10,14H,1-2H3,(H,15,16)/t10-/m0/s1. The van der Waals surface area contributed by atoms with E-state index in [2.05, 4.69) is 15.9 Å². The average molecular weight is 354 g/mol. The fourth-order valence-electron chi connectivity index (χ4n) is 1.40. The largest absolute Gasteiger partial charge is 0.480 e. The molecule has 0 saturated heterocycles. The SMILES string of the molecule is CC(C)[C@H](NS(=O)(=O)c1ccc(Br)cc1F)C(=O)O. The van der Waals surface area contributed by atoms with E-state index >= 15 is 0 Å². The van der Waals surface area contributed by atoms with Crippen molar-refractivity contribution in [3.8, 4) is 0 Å². The second kappa shape index (κ2) is 5.98. The third-order valence-corrected chi connectivity index (χ3v) is 4.37. The van der Waals surface area contributed by atoms with Gasteiger partial charge in [-0.25, -0.2) is 12.8 Å². The van der Waals surface area contributed by atoms with Crippen LogP contribution in [0.5, 0.6) is 0 Å². The van der Waals surface area contributed by atoms with E-state index in [9.17, 15) is 17.6 Å². The zero-order valence-corrected chi connectivity index (χ0v) is 12.6. The lowest BCUT2D eigenvalue weighted by atomic mass is 10.1. The topological polar surface area (TPSA) is 83.5 Å². The van der Waals surface area contributed by atoms with E-state index in [4.69, 9.17) is 5.11 Å². The van der Waals surface area contributed by atoms with Gasteiger partial charge in [0.15, 0.2) is 0 Å². The van der Waals surface area contributed by atoms with Crippen molar-refractivity contribution in [1.82, 2.24) is 4.72 Å². The van der Waals surface area contributed by atoms with Crippen LogP contribution in [0.25, 0.3) is 0 Å². The maximum Gasteiger partial charge on any atom is 0.322 e. The van der Waals surface area contributed by atoms with Crippen LogP contribution < -0.4 is 4.72 Å². The van der Waals surface area contributed by atoms with Gasteiger partial charge in [-0.1, -0.05) is 29.8 Å². The van der Waals surface area contributed by atoms with Crippen molar-refractivity contribution >= 4 is 31.9 Å². The van der Waals surface area contributed by atoms with Gasteiger partial charge in [-0.2, -0.15) is 4.72 Å². The van der Waals surface area contributed by atoms with Gasteiger partial charge in [-0.15, -0.1) is 0 Å². The molecular weight excluding hydrogens is 341 g/mol. The number of rotatable bonds is 5. The molecule has 2 N–H and O–H groups in total. The van der Waals surface area contributed by atoms with E-state index in [1.807, 2.05) is 4.72 Å². The normalized spacial score (nSPS) is 13.5. The van der Waals surface area contributed by atoms with Crippen LogP contribution in [0.3, 0.4) is 0 Å². The highest BCUT2D eigenvalue weighted by molar-refractivity contribution is 9.10. The molecule has 8 heteroatoms. The van der Waals surface area contributed by atoms with E-state index in [-0.39, 0.29) is 0 Å². The molecule has 1 rings (SSSR count). The molecule has 19 heavy (non-hydrogen) atoms. The van der Waals surface area contributed by atoms with Gasteiger partial charge >= 0.3 is 5.97 Å². The predicted octanol–water partition coefficient (Wildman–Crippen LogP) is 1.98. The lowest BCUT2D eigenvalue weighted by Crippen LogP contribution is -2.44. The Labute approximate surface area is 119 Å². The summed E-state index contributed by atoms with van der Waals surface area (Å²) in [5.74, 6) is -2.73. The Balaban J connectivity index is 3.14. The van der Waals surface area contributed by atoms with Gasteiger partial charge in [-0.3, -0.25) is 4.79 Å². The quantitative estimate of drug-likeness (QED) is 0.847. The highest BCUT2D eigenvalue weighted by atomic mass is 79.9. The van der Waals surface area contributed by atoms with Gasteiger partial charge in [0.25, 0.3) is 0 Å². The summed E-state index contributed by atoms with van der Waals surface area (Å²) in [7, 11) is -4.22. The molecule has 106 valence electrons. The maximum absolute atomic E-state index is 13.6. The molecule has 0 bridgehead atoms. The minimum atomic E-state index is -4.22.